The number of hydrogen-bond acceptors (Lipinski definition) is 3. The lowest BCUT2D eigenvalue weighted by Crippen LogP contribution is -2.40. The largest absolute Gasteiger partial charge is 0.356 e. The lowest BCUT2D eigenvalue weighted by molar-refractivity contribution is 0.591. The van der Waals surface area contributed by atoms with Crippen molar-refractivity contribution in [3.8, 4) is 0 Å². The number of rotatable bonds is 4. The van der Waals surface area contributed by atoms with Gasteiger partial charge in [-0.15, -0.1) is 0 Å². The van der Waals surface area contributed by atoms with Crippen molar-refractivity contribution in [3.05, 3.63) is 28.2 Å². The molecule has 0 bridgehead atoms. The van der Waals surface area contributed by atoms with Crippen molar-refractivity contribution in [1.29, 1.82) is 0 Å². The molecule has 0 spiro atoms. The van der Waals surface area contributed by atoms with Crippen LogP contribution in [0.5, 0.6) is 0 Å². The molecule has 0 saturated heterocycles. The summed E-state index contributed by atoms with van der Waals surface area (Å²) in [5, 5.41) is 3.32. The van der Waals surface area contributed by atoms with Gasteiger partial charge in [0.1, 0.15) is 0 Å². The van der Waals surface area contributed by atoms with Crippen molar-refractivity contribution in [1.82, 2.24) is 10.0 Å². The van der Waals surface area contributed by atoms with Gasteiger partial charge >= 0.3 is 0 Å². The van der Waals surface area contributed by atoms with E-state index in [1.165, 1.54) is 18.2 Å². The van der Waals surface area contributed by atoms with Gasteiger partial charge in [0, 0.05) is 13.1 Å². The first kappa shape index (κ1) is 16.1. The topological polar surface area (TPSA) is 70.6 Å². The zero-order valence-electron chi connectivity index (χ0n) is 10.6. The van der Waals surface area contributed by atoms with E-state index in [4.69, 9.17) is 23.2 Å². The van der Waals surface area contributed by atoms with Gasteiger partial charge in [-0.1, -0.05) is 23.2 Å². The van der Waals surface area contributed by atoms with Gasteiger partial charge in [0.25, 0.3) is 10.0 Å². The summed E-state index contributed by atoms with van der Waals surface area (Å²) in [5.74, 6) is 0.205. The number of halogens is 2. The van der Waals surface area contributed by atoms with E-state index in [2.05, 4.69) is 15.0 Å². The number of aliphatic imine (C=N–C) groups is 1. The summed E-state index contributed by atoms with van der Waals surface area (Å²) >= 11 is 11.6. The lowest BCUT2D eigenvalue weighted by atomic mass is 10.4. The second-order valence-electron chi connectivity index (χ2n) is 3.53. The standard InChI is InChI=1S/C11H15Cl2N3O2S/c1-3-14-11(15-4-2)16-19(17,18)8-5-6-9(12)10(13)7-8/h5-7H,3-4H2,1-2H3,(H2,14,15,16). The summed E-state index contributed by atoms with van der Waals surface area (Å²) in [7, 11) is -3.73. The maximum atomic E-state index is 12.1. The van der Waals surface area contributed by atoms with Gasteiger partial charge in [0.05, 0.1) is 14.9 Å². The second-order valence-corrected chi connectivity index (χ2v) is 6.03. The lowest BCUT2D eigenvalue weighted by Gasteiger charge is -2.11. The van der Waals surface area contributed by atoms with E-state index in [0.29, 0.717) is 18.1 Å². The molecule has 0 fully saturated rings. The molecular formula is C11H15Cl2N3O2S. The van der Waals surface area contributed by atoms with Gasteiger partial charge in [0.2, 0.25) is 5.96 Å². The third-order valence-corrected chi connectivity index (χ3v) is 4.17. The monoisotopic (exact) mass is 323 g/mol. The Hall–Kier alpha value is -0.980. The summed E-state index contributed by atoms with van der Waals surface area (Å²) in [6.45, 7) is 4.68. The molecule has 5 nitrogen and oxygen atoms in total. The Morgan fingerprint density at radius 1 is 1.26 bits per heavy atom. The number of sulfonamides is 1. The summed E-state index contributed by atoms with van der Waals surface area (Å²) in [6.07, 6.45) is 0. The molecule has 0 unspecified atom stereocenters. The summed E-state index contributed by atoms with van der Waals surface area (Å²) in [6, 6.07) is 4.11. The van der Waals surface area contributed by atoms with Crippen LogP contribution < -0.4 is 10.0 Å². The van der Waals surface area contributed by atoms with Crippen LogP contribution in [0.1, 0.15) is 13.8 Å². The molecule has 8 heteroatoms. The van der Waals surface area contributed by atoms with Crippen LogP contribution in [-0.4, -0.2) is 27.5 Å². The maximum absolute atomic E-state index is 12.1. The van der Waals surface area contributed by atoms with Crippen molar-refractivity contribution in [2.45, 2.75) is 18.7 Å². The number of nitrogens with one attached hydrogen (secondary N) is 2. The highest BCUT2D eigenvalue weighted by atomic mass is 35.5. The third kappa shape index (κ3) is 4.56. The Balaban J connectivity index is 3.03. The average Bonchev–Trinajstić information content (AvgIpc) is 2.32. The Labute approximate surface area is 123 Å². The van der Waals surface area contributed by atoms with Crippen molar-refractivity contribution in [2.75, 3.05) is 13.1 Å². The molecule has 0 aliphatic heterocycles. The molecule has 0 saturated carbocycles. The highest BCUT2D eigenvalue weighted by Crippen LogP contribution is 2.24. The fourth-order valence-electron chi connectivity index (χ4n) is 1.28. The minimum atomic E-state index is -3.73. The molecule has 0 aliphatic carbocycles. The van der Waals surface area contributed by atoms with Gasteiger partial charge in [-0.05, 0) is 32.0 Å². The fourth-order valence-corrected chi connectivity index (χ4v) is 2.67. The molecule has 1 rings (SSSR count). The van der Waals surface area contributed by atoms with Crippen LogP contribution in [0.25, 0.3) is 0 Å². The Morgan fingerprint density at radius 2 is 1.95 bits per heavy atom. The minimum Gasteiger partial charge on any atom is -0.356 e. The van der Waals surface area contributed by atoms with Crippen molar-refractivity contribution >= 4 is 39.2 Å². The van der Waals surface area contributed by atoms with E-state index in [1.54, 1.807) is 0 Å². The Bertz CT molecular complexity index is 573. The maximum Gasteiger partial charge on any atom is 0.264 e. The second kappa shape index (κ2) is 6.98. The molecular weight excluding hydrogens is 309 g/mol. The molecule has 0 aromatic heterocycles. The van der Waals surface area contributed by atoms with Crippen LogP contribution in [0.15, 0.2) is 28.1 Å². The van der Waals surface area contributed by atoms with Crippen molar-refractivity contribution in [3.63, 3.8) is 0 Å². The molecule has 1 aromatic carbocycles. The highest BCUT2D eigenvalue weighted by Gasteiger charge is 2.17. The first-order valence-corrected chi connectivity index (χ1v) is 7.90. The molecule has 0 aliphatic rings. The van der Waals surface area contributed by atoms with Crippen LogP contribution >= 0.6 is 23.2 Å². The summed E-state index contributed by atoms with van der Waals surface area (Å²) in [5.41, 5.74) is 0. The van der Waals surface area contributed by atoms with Crippen LogP contribution in [0, 0.1) is 0 Å². The van der Waals surface area contributed by atoms with Crippen LogP contribution in [0.2, 0.25) is 10.0 Å². The molecule has 0 radical (unpaired) electrons. The molecule has 1 aromatic rings. The van der Waals surface area contributed by atoms with E-state index < -0.39 is 10.0 Å². The van der Waals surface area contributed by atoms with Gasteiger partial charge in [-0.2, -0.15) is 0 Å². The quantitative estimate of drug-likeness (QED) is 0.659. The van der Waals surface area contributed by atoms with Gasteiger partial charge < -0.3 is 5.32 Å². The number of nitrogens with zero attached hydrogens (tertiary/aromatic N) is 1. The zero-order chi connectivity index (χ0) is 14.5. The van der Waals surface area contributed by atoms with Crippen molar-refractivity contribution in [2.24, 2.45) is 4.99 Å². The number of guanidine groups is 1. The molecule has 0 amide bonds. The third-order valence-electron chi connectivity index (χ3n) is 2.09. The summed E-state index contributed by atoms with van der Waals surface area (Å²) < 4.78 is 26.6. The molecule has 0 heterocycles. The van der Waals surface area contributed by atoms with Crippen LogP contribution in [0.4, 0.5) is 0 Å². The Kier molecular flexibility index (Phi) is 5.90. The molecule has 19 heavy (non-hydrogen) atoms. The smallest absolute Gasteiger partial charge is 0.264 e. The van der Waals surface area contributed by atoms with Crippen LogP contribution in [0.3, 0.4) is 0 Å². The SMILES string of the molecule is CCN=C(NCC)NS(=O)(=O)c1ccc(Cl)c(Cl)c1. The van der Waals surface area contributed by atoms with Crippen LogP contribution in [-0.2, 0) is 10.0 Å². The predicted molar refractivity (Wildman–Crippen MR) is 78.4 cm³/mol. The minimum absolute atomic E-state index is 0.0311. The average molecular weight is 324 g/mol. The normalized spacial score (nSPS) is 12.3. The summed E-state index contributed by atoms with van der Waals surface area (Å²) in [4.78, 5) is 4.05. The van der Waals surface area contributed by atoms with E-state index in [0.717, 1.165) is 0 Å². The molecule has 0 atom stereocenters. The van der Waals surface area contributed by atoms with E-state index in [-0.39, 0.29) is 15.9 Å². The number of benzene rings is 1. The zero-order valence-corrected chi connectivity index (χ0v) is 12.9. The molecule has 106 valence electrons. The Morgan fingerprint density at radius 3 is 2.47 bits per heavy atom. The number of hydrogen-bond donors (Lipinski definition) is 2. The van der Waals surface area contributed by atoms with E-state index in [1.807, 2.05) is 13.8 Å². The highest BCUT2D eigenvalue weighted by molar-refractivity contribution is 7.90. The molecule has 2 N–H and O–H groups in total. The van der Waals surface area contributed by atoms with Gasteiger partial charge in [0.15, 0.2) is 0 Å². The van der Waals surface area contributed by atoms with Crippen molar-refractivity contribution < 1.29 is 8.42 Å². The first-order valence-electron chi connectivity index (χ1n) is 5.67. The van der Waals surface area contributed by atoms with Gasteiger partial charge in [-0.25, -0.2) is 13.1 Å². The fraction of sp³-hybridized carbons (Fsp3) is 0.364. The van der Waals surface area contributed by atoms with E-state index >= 15 is 0 Å². The van der Waals surface area contributed by atoms with E-state index in [9.17, 15) is 8.42 Å². The van der Waals surface area contributed by atoms with Gasteiger partial charge in [-0.3, -0.25) is 4.99 Å². The first-order chi connectivity index (χ1) is 8.90. The predicted octanol–water partition coefficient (Wildman–Crippen LogP) is 2.26.